The Bertz CT molecular complexity index is 727. The summed E-state index contributed by atoms with van der Waals surface area (Å²) in [6, 6.07) is 10.6. The summed E-state index contributed by atoms with van der Waals surface area (Å²) < 4.78 is 6.19. The number of rotatable bonds is 19. The highest BCUT2D eigenvalue weighted by molar-refractivity contribution is 5.69. The van der Waals surface area contributed by atoms with E-state index in [-0.39, 0.29) is 29.1 Å². The van der Waals surface area contributed by atoms with Crippen molar-refractivity contribution < 1.29 is 9.53 Å². The van der Waals surface area contributed by atoms with Gasteiger partial charge in [-0.3, -0.25) is 4.79 Å². The minimum Gasteiger partial charge on any atom is -0.462 e. The van der Waals surface area contributed by atoms with Gasteiger partial charge in [0.25, 0.3) is 0 Å². The van der Waals surface area contributed by atoms with E-state index in [1.54, 1.807) is 0 Å². The maximum atomic E-state index is 12.8. The van der Waals surface area contributed by atoms with E-state index in [2.05, 4.69) is 70.3 Å². The van der Waals surface area contributed by atoms with Gasteiger partial charge in [0.05, 0.1) is 0 Å². The van der Waals surface area contributed by atoms with E-state index in [9.17, 15) is 4.79 Å². The summed E-state index contributed by atoms with van der Waals surface area (Å²) in [6.07, 6.45) is 22.4. The van der Waals surface area contributed by atoms with Gasteiger partial charge in [0.1, 0.15) is 6.10 Å². The lowest BCUT2D eigenvalue weighted by Gasteiger charge is -2.51. The third kappa shape index (κ3) is 13.3. The molecule has 1 saturated heterocycles. The minimum atomic E-state index is -0.100. The van der Waals surface area contributed by atoms with Crippen LogP contribution in [0.15, 0.2) is 30.3 Å². The molecule has 212 valence electrons. The molecule has 1 aliphatic heterocycles. The molecule has 0 aromatic heterocycles. The zero-order valence-corrected chi connectivity index (χ0v) is 25.1. The van der Waals surface area contributed by atoms with Gasteiger partial charge < -0.3 is 10.1 Å². The molecular formula is C34H59NO2. The fourth-order valence-corrected chi connectivity index (χ4v) is 6.37. The van der Waals surface area contributed by atoms with Crippen LogP contribution in [0.5, 0.6) is 0 Å². The number of piperidine rings is 1. The van der Waals surface area contributed by atoms with E-state index >= 15 is 0 Å². The van der Waals surface area contributed by atoms with E-state index in [1.807, 2.05) is 0 Å². The van der Waals surface area contributed by atoms with Crippen LogP contribution in [0.3, 0.4) is 0 Å². The lowest BCUT2D eigenvalue weighted by Crippen LogP contribution is -2.65. The van der Waals surface area contributed by atoms with Gasteiger partial charge >= 0.3 is 5.97 Å². The second-order valence-electron chi connectivity index (χ2n) is 13.0. The first-order valence-electron chi connectivity index (χ1n) is 15.8. The third-order valence-electron chi connectivity index (χ3n) is 8.31. The highest BCUT2D eigenvalue weighted by atomic mass is 16.5. The Morgan fingerprint density at radius 1 is 0.784 bits per heavy atom. The van der Waals surface area contributed by atoms with E-state index in [0.717, 1.165) is 25.7 Å². The average Bonchev–Trinajstić information content (AvgIpc) is 2.83. The number of nitrogens with one attached hydrogen (secondary N) is 1. The molecule has 1 N–H and O–H groups in total. The Hall–Kier alpha value is -1.35. The fraction of sp³-hybridized carbons (Fsp3) is 0.794. The summed E-state index contributed by atoms with van der Waals surface area (Å²) in [7, 11) is 0. The molecule has 0 bridgehead atoms. The molecule has 1 aromatic rings. The molecule has 1 heterocycles. The average molecular weight is 514 g/mol. The molecule has 2 unspecified atom stereocenters. The Morgan fingerprint density at radius 3 is 1.78 bits per heavy atom. The smallest absolute Gasteiger partial charge is 0.306 e. The number of hydrogen-bond acceptors (Lipinski definition) is 3. The molecule has 1 fully saturated rings. The highest BCUT2D eigenvalue weighted by Crippen LogP contribution is 2.37. The van der Waals surface area contributed by atoms with Crippen molar-refractivity contribution in [1.29, 1.82) is 0 Å². The molecule has 0 amide bonds. The first kappa shape index (κ1) is 31.9. The molecule has 0 spiro atoms. The molecule has 37 heavy (non-hydrogen) atoms. The van der Waals surface area contributed by atoms with Crippen LogP contribution in [0.4, 0.5) is 0 Å². The number of ether oxygens (including phenoxy) is 1. The van der Waals surface area contributed by atoms with Crippen molar-refractivity contribution in [3.63, 3.8) is 0 Å². The monoisotopic (exact) mass is 513 g/mol. The molecule has 1 aromatic carbocycles. The lowest BCUT2D eigenvalue weighted by molar-refractivity contribution is -0.158. The minimum absolute atomic E-state index is 0.00810. The standard InChI is InChI=1S/C34H59NO2/c1-6-7-8-9-10-11-12-13-14-15-16-17-18-19-23-26-32(36)37-31-28-33(2,3)35-34(4,5)30(31)27-29-24-21-20-22-25-29/h20-22,24-25,30-31,35H,6-19,23,26-28H2,1-5H3. The Morgan fingerprint density at radius 2 is 1.27 bits per heavy atom. The number of carbonyl (C=O) groups is 1. The van der Waals surface area contributed by atoms with Crippen LogP contribution in [0, 0.1) is 5.92 Å². The number of carbonyl (C=O) groups excluding carboxylic acids is 1. The number of hydrogen-bond donors (Lipinski definition) is 1. The summed E-state index contributed by atoms with van der Waals surface area (Å²) in [5, 5.41) is 3.81. The van der Waals surface area contributed by atoms with Crippen LogP contribution in [-0.2, 0) is 16.0 Å². The van der Waals surface area contributed by atoms with Crippen LogP contribution in [0.2, 0.25) is 0 Å². The number of benzene rings is 1. The van der Waals surface area contributed by atoms with Crippen molar-refractivity contribution in [2.24, 2.45) is 5.92 Å². The number of esters is 1. The van der Waals surface area contributed by atoms with Crippen molar-refractivity contribution in [2.45, 2.75) is 167 Å². The largest absolute Gasteiger partial charge is 0.462 e. The van der Waals surface area contributed by atoms with E-state index < -0.39 is 0 Å². The van der Waals surface area contributed by atoms with Gasteiger partial charge in [-0.25, -0.2) is 0 Å². The zero-order valence-electron chi connectivity index (χ0n) is 25.1. The number of unbranched alkanes of at least 4 members (excludes halogenated alkanes) is 14. The molecule has 1 aliphatic rings. The van der Waals surface area contributed by atoms with Gasteiger partial charge in [-0.05, 0) is 46.1 Å². The molecule has 3 heteroatoms. The van der Waals surface area contributed by atoms with Crippen molar-refractivity contribution in [3.8, 4) is 0 Å². The van der Waals surface area contributed by atoms with Crippen LogP contribution >= 0.6 is 0 Å². The van der Waals surface area contributed by atoms with Crippen LogP contribution in [0.25, 0.3) is 0 Å². The normalized spacial score (nSPS) is 20.6. The van der Waals surface area contributed by atoms with E-state index in [1.165, 1.54) is 89.0 Å². The van der Waals surface area contributed by atoms with Gasteiger partial charge in [0.2, 0.25) is 0 Å². The third-order valence-corrected chi connectivity index (χ3v) is 8.31. The van der Waals surface area contributed by atoms with Crippen molar-refractivity contribution in [1.82, 2.24) is 5.32 Å². The second-order valence-corrected chi connectivity index (χ2v) is 13.0. The summed E-state index contributed by atoms with van der Waals surface area (Å²) in [4.78, 5) is 12.8. The second kappa shape index (κ2) is 17.3. The molecule has 0 aliphatic carbocycles. The molecular weight excluding hydrogens is 454 g/mol. The van der Waals surface area contributed by atoms with Gasteiger partial charge in [0, 0.05) is 29.8 Å². The van der Waals surface area contributed by atoms with Crippen molar-refractivity contribution in [3.05, 3.63) is 35.9 Å². The summed E-state index contributed by atoms with van der Waals surface area (Å²) >= 11 is 0. The Labute approximate surface area is 229 Å². The van der Waals surface area contributed by atoms with Crippen LogP contribution in [-0.4, -0.2) is 23.2 Å². The molecule has 2 atom stereocenters. The van der Waals surface area contributed by atoms with E-state index in [4.69, 9.17) is 4.74 Å². The molecule has 0 saturated carbocycles. The molecule has 3 nitrogen and oxygen atoms in total. The summed E-state index contributed by atoms with van der Waals surface area (Å²) in [5.41, 5.74) is 1.17. The predicted octanol–water partition coefficient (Wildman–Crippen LogP) is 9.57. The topological polar surface area (TPSA) is 38.3 Å². The Balaban J connectivity index is 1.59. The maximum Gasteiger partial charge on any atom is 0.306 e. The molecule has 2 rings (SSSR count). The maximum absolute atomic E-state index is 12.8. The van der Waals surface area contributed by atoms with Crippen molar-refractivity contribution in [2.75, 3.05) is 0 Å². The summed E-state index contributed by atoms with van der Waals surface area (Å²) in [5.74, 6) is 0.249. The Kier molecular flexibility index (Phi) is 14.9. The predicted molar refractivity (Wildman–Crippen MR) is 159 cm³/mol. The van der Waals surface area contributed by atoms with Gasteiger partial charge in [-0.1, -0.05) is 127 Å². The van der Waals surface area contributed by atoms with E-state index in [0.29, 0.717) is 6.42 Å². The SMILES string of the molecule is CCCCCCCCCCCCCCCCCC(=O)OC1CC(C)(C)NC(C)(C)C1Cc1ccccc1. The molecule has 0 radical (unpaired) electrons. The first-order valence-corrected chi connectivity index (χ1v) is 15.8. The first-order chi connectivity index (χ1) is 17.7. The van der Waals surface area contributed by atoms with Gasteiger partial charge in [0.15, 0.2) is 0 Å². The quantitative estimate of drug-likeness (QED) is 0.148. The van der Waals surface area contributed by atoms with Crippen LogP contribution < -0.4 is 5.32 Å². The van der Waals surface area contributed by atoms with Crippen molar-refractivity contribution >= 4 is 5.97 Å². The van der Waals surface area contributed by atoms with Gasteiger partial charge in [-0.15, -0.1) is 0 Å². The summed E-state index contributed by atoms with van der Waals surface area (Å²) in [6.45, 7) is 11.3. The highest BCUT2D eigenvalue weighted by Gasteiger charge is 2.47. The lowest BCUT2D eigenvalue weighted by atomic mass is 9.70. The van der Waals surface area contributed by atoms with Gasteiger partial charge in [-0.2, -0.15) is 0 Å². The fourth-order valence-electron chi connectivity index (χ4n) is 6.37. The van der Waals surface area contributed by atoms with Crippen LogP contribution in [0.1, 0.15) is 149 Å². The zero-order chi connectivity index (χ0) is 27.0.